The van der Waals surface area contributed by atoms with Crippen LogP contribution in [0.4, 0.5) is 0 Å². The average Bonchev–Trinajstić information content (AvgIpc) is 2.34. The Hall–Kier alpha value is -0.300. The fourth-order valence-electron chi connectivity index (χ4n) is 2.24. The lowest BCUT2D eigenvalue weighted by molar-refractivity contribution is 0.207. The zero-order chi connectivity index (χ0) is 9.90. The number of likely N-dealkylation sites (tertiary alicyclic amines) is 1. The summed E-state index contributed by atoms with van der Waals surface area (Å²) in [4.78, 5) is 2.57. The van der Waals surface area contributed by atoms with E-state index in [4.69, 9.17) is 0 Å². The predicted molar refractivity (Wildman–Crippen MR) is 58.9 cm³/mol. The molecule has 0 aromatic carbocycles. The van der Waals surface area contributed by atoms with Gasteiger partial charge in [0.1, 0.15) is 0 Å². The SMILES string of the molecule is C=CCN1CCC[C@@H]1CC(C)(C)C. The predicted octanol–water partition coefficient (Wildman–Crippen LogP) is 3.07. The van der Waals surface area contributed by atoms with Crippen LogP contribution in [0, 0.1) is 5.41 Å². The van der Waals surface area contributed by atoms with E-state index in [1.165, 1.54) is 25.8 Å². The van der Waals surface area contributed by atoms with E-state index in [0.717, 1.165) is 12.6 Å². The third kappa shape index (κ3) is 3.51. The zero-order valence-electron chi connectivity index (χ0n) is 9.34. The summed E-state index contributed by atoms with van der Waals surface area (Å²) >= 11 is 0. The molecule has 1 fully saturated rings. The molecule has 0 aromatic heterocycles. The van der Waals surface area contributed by atoms with Crippen molar-refractivity contribution < 1.29 is 0 Å². The molecule has 1 heteroatoms. The molecular weight excluding hydrogens is 158 g/mol. The van der Waals surface area contributed by atoms with E-state index in [9.17, 15) is 0 Å². The molecule has 1 saturated heterocycles. The molecule has 1 aliphatic rings. The van der Waals surface area contributed by atoms with Crippen molar-refractivity contribution in [2.45, 2.75) is 46.1 Å². The maximum atomic E-state index is 3.81. The van der Waals surface area contributed by atoms with E-state index < -0.39 is 0 Å². The highest BCUT2D eigenvalue weighted by Crippen LogP contribution is 2.29. The van der Waals surface area contributed by atoms with Gasteiger partial charge in [-0.3, -0.25) is 4.90 Å². The van der Waals surface area contributed by atoms with E-state index >= 15 is 0 Å². The lowest BCUT2D eigenvalue weighted by atomic mass is 9.87. The molecule has 0 radical (unpaired) electrons. The van der Waals surface area contributed by atoms with Crippen molar-refractivity contribution >= 4 is 0 Å². The highest BCUT2D eigenvalue weighted by molar-refractivity contribution is 4.86. The topological polar surface area (TPSA) is 3.24 Å². The molecule has 1 nitrogen and oxygen atoms in total. The molecule has 1 heterocycles. The van der Waals surface area contributed by atoms with Crippen LogP contribution < -0.4 is 0 Å². The molecule has 0 saturated carbocycles. The Labute approximate surface area is 82.8 Å². The van der Waals surface area contributed by atoms with Crippen LogP contribution in [0.25, 0.3) is 0 Å². The van der Waals surface area contributed by atoms with Gasteiger partial charge in [-0.05, 0) is 31.2 Å². The van der Waals surface area contributed by atoms with Crippen LogP contribution in [-0.4, -0.2) is 24.0 Å². The molecule has 0 amide bonds. The van der Waals surface area contributed by atoms with E-state index in [0.29, 0.717) is 5.41 Å². The number of rotatable bonds is 3. The van der Waals surface area contributed by atoms with Crippen LogP contribution in [0.5, 0.6) is 0 Å². The van der Waals surface area contributed by atoms with Crippen molar-refractivity contribution in [1.82, 2.24) is 4.90 Å². The normalized spacial score (nSPS) is 25.0. The summed E-state index contributed by atoms with van der Waals surface area (Å²) in [6.07, 6.45) is 6.10. The van der Waals surface area contributed by atoms with Gasteiger partial charge in [-0.1, -0.05) is 26.8 Å². The third-order valence-electron chi connectivity index (χ3n) is 2.71. The number of hydrogen-bond donors (Lipinski definition) is 0. The second kappa shape index (κ2) is 4.28. The Morgan fingerprint density at radius 1 is 1.46 bits per heavy atom. The molecule has 1 aliphatic heterocycles. The van der Waals surface area contributed by atoms with Gasteiger partial charge in [0, 0.05) is 12.6 Å². The first kappa shape index (κ1) is 10.8. The molecule has 0 N–H and O–H groups in total. The fraction of sp³-hybridized carbons (Fsp3) is 0.833. The van der Waals surface area contributed by atoms with Crippen LogP contribution in [0.2, 0.25) is 0 Å². The van der Waals surface area contributed by atoms with Crippen molar-refractivity contribution in [2.75, 3.05) is 13.1 Å². The average molecular weight is 181 g/mol. The van der Waals surface area contributed by atoms with Crippen molar-refractivity contribution in [1.29, 1.82) is 0 Å². The van der Waals surface area contributed by atoms with Gasteiger partial charge in [0.15, 0.2) is 0 Å². The molecular formula is C12H23N. The number of nitrogens with zero attached hydrogens (tertiary/aromatic N) is 1. The van der Waals surface area contributed by atoms with Gasteiger partial charge in [0.2, 0.25) is 0 Å². The van der Waals surface area contributed by atoms with Gasteiger partial charge >= 0.3 is 0 Å². The Morgan fingerprint density at radius 2 is 2.15 bits per heavy atom. The monoisotopic (exact) mass is 181 g/mol. The van der Waals surface area contributed by atoms with Crippen LogP contribution in [-0.2, 0) is 0 Å². The van der Waals surface area contributed by atoms with Crippen LogP contribution in [0.3, 0.4) is 0 Å². The minimum absolute atomic E-state index is 0.467. The molecule has 1 rings (SSSR count). The smallest absolute Gasteiger partial charge is 0.0163 e. The van der Waals surface area contributed by atoms with Crippen LogP contribution >= 0.6 is 0 Å². The second-order valence-corrected chi connectivity index (χ2v) is 5.34. The highest BCUT2D eigenvalue weighted by Gasteiger charge is 2.27. The van der Waals surface area contributed by atoms with Gasteiger partial charge in [-0.25, -0.2) is 0 Å². The third-order valence-corrected chi connectivity index (χ3v) is 2.71. The van der Waals surface area contributed by atoms with Crippen molar-refractivity contribution in [3.8, 4) is 0 Å². The molecule has 13 heavy (non-hydrogen) atoms. The van der Waals surface area contributed by atoms with Gasteiger partial charge < -0.3 is 0 Å². The standard InChI is InChI=1S/C12H23N/c1-5-8-13-9-6-7-11(13)10-12(2,3)4/h5,11H,1,6-10H2,2-4H3/t11-/m1/s1. The molecule has 76 valence electrons. The highest BCUT2D eigenvalue weighted by atomic mass is 15.2. The fourth-order valence-corrected chi connectivity index (χ4v) is 2.24. The lowest BCUT2D eigenvalue weighted by Gasteiger charge is -2.29. The molecule has 0 spiro atoms. The summed E-state index contributed by atoms with van der Waals surface area (Å²) in [5.74, 6) is 0. The van der Waals surface area contributed by atoms with Gasteiger partial charge in [0.05, 0.1) is 0 Å². The van der Waals surface area contributed by atoms with Crippen molar-refractivity contribution in [2.24, 2.45) is 5.41 Å². The van der Waals surface area contributed by atoms with Gasteiger partial charge in [-0.15, -0.1) is 6.58 Å². The first-order valence-electron chi connectivity index (χ1n) is 5.38. The van der Waals surface area contributed by atoms with Gasteiger partial charge in [0.25, 0.3) is 0 Å². The van der Waals surface area contributed by atoms with Gasteiger partial charge in [-0.2, -0.15) is 0 Å². The quantitative estimate of drug-likeness (QED) is 0.605. The first-order chi connectivity index (χ1) is 6.03. The molecule has 0 aromatic rings. The molecule has 0 aliphatic carbocycles. The van der Waals surface area contributed by atoms with E-state index in [1.54, 1.807) is 0 Å². The summed E-state index contributed by atoms with van der Waals surface area (Å²) in [7, 11) is 0. The Bertz CT molecular complexity index is 166. The first-order valence-corrected chi connectivity index (χ1v) is 5.38. The van der Waals surface area contributed by atoms with Crippen LogP contribution in [0.15, 0.2) is 12.7 Å². The Kier molecular flexibility index (Phi) is 3.55. The largest absolute Gasteiger partial charge is 0.297 e. The molecule has 0 unspecified atom stereocenters. The minimum Gasteiger partial charge on any atom is -0.297 e. The minimum atomic E-state index is 0.467. The van der Waals surface area contributed by atoms with Crippen molar-refractivity contribution in [3.05, 3.63) is 12.7 Å². The maximum Gasteiger partial charge on any atom is 0.0163 e. The summed E-state index contributed by atoms with van der Waals surface area (Å²) in [5, 5.41) is 0. The summed E-state index contributed by atoms with van der Waals surface area (Å²) < 4.78 is 0. The van der Waals surface area contributed by atoms with E-state index in [-0.39, 0.29) is 0 Å². The Morgan fingerprint density at radius 3 is 2.69 bits per heavy atom. The lowest BCUT2D eigenvalue weighted by Crippen LogP contribution is -2.32. The van der Waals surface area contributed by atoms with Crippen LogP contribution in [0.1, 0.15) is 40.0 Å². The summed E-state index contributed by atoms with van der Waals surface area (Å²) in [5.41, 5.74) is 0.467. The van der Waals surface area contributed by atoms with Crippen molar-refractivity contribution in [3.63, 3.8) is 0 Å². The molecule has 0 bridgehead atoms. The zero-order valence-corrected chi connectivity index (χ0v) is 9.34. The van der Waals surface area contributed by atoms with E-state index in [2.05, 4.69) is 32.3 Å². The Balaban J connectivity index is 2.43. The maximum absolute atomic E-state index is 3.81. The summed E-state index contributed by atoms with van der Waals surface area (Å²) in [6.45, 7) is 13.1. The second-order valence-electron chi connectivity index (χ2n) is 5.34. The molecule has 1 atom stereocenters. The van der Waals surface area contributed by atoms with E-state index in [1.807, 2.05) is 6.08 Å². The summed E-state index contributed by atoms with van der Waals surface area (Å²) in [6, 6.07) is 0.804. The number of hydrogen-bond acceptors (Lipinski definition) is 1.